The van der Waals surface area contributed by atoms with Crippen molar-refractivity contribution in [3.05, 3.63) is 112 Å². The predicted octanol–water partition coefficient (Wildman–Crippen LogP) is 5.85. The molecule has 0 unspecified atom stereocenters. The zero-order chi connectivity index (χ0) is 25.6. The second-order valence-electron chi connectivity index (χ2n) is 9.06. The minimum absolute atomic E-state index is 0.110. The Morgan fingerprint density at radius 1 is 0.865 bits per heavy atom. The molecule has 2 amide bonds. The van der Waals surface area contributed by atoms with Crippen molar-refractivity contribution < 1.29 is 14.3 Å². The minimum atomic E-state index is -0.168. The van der Waals surface area contributed by atoms with E-state index in [0.717, 1.165) is 40.7 Å². The second kappa shape index (κ2) is 11.3. The van der Waals surface area contributed by atoms with Gasteiger partial charge in [-0.15, -0.1) is 11.3 Å². The Morgan fingerprint density at radius 3 is 2.22 bits per heavy atom. The summed E-state index contributed by atoms with van der Waals surface area (Å²) in [4.78, 5) is 30.2. The van der Waals surface area contributed by atoms with Gasteiger partial charge < -0.3 is 19.9 Å². The lowest BCUT2D eigenvalue weighted by atomic mass is 10.1. The van der Waals surface area contributed by atoms with Gasteiger partial charge in [0.05, 0.1) is 4.88 Å². The highest BCUT2D eigenvalue weighted by Crippen LogP contribution is 2.22. The van der Waals surface area contributed by atoms with Crippen LogP contribution in [0.1, 0.15) is 31.2 Å². The van der Waals surface area contributed by atoms with E-state index < -0.39 is 0 Å². The third-order valence-electron chi connectivity index (χ3n) is 6.43. The van der Waals surface area contributed by atoms with Gasteiger partial charge in [-0.1, -0.05) is 35.9 Å². The lowest BCUT2D eigenvalue weighted by molar-refractivity contribution is 0.0751. The smallest absolute Gasteiger partial charge is 0.264 e. The summed E-state index contributed by atoms with van der Waals surface area (Å²) in [6.45, 7) is 5.49. The van der Waals surface area contributed by atoms with E-state index in [1.54, 1.807) is 12.1 Å². The molecule has 6 nitrogen and oxygen atoms in total. The molecule has 0 saturated carbocycles. The lowest BCUT2D eigenvalue weighted by Crippen LogP contribution is -2.48. The van der Waals surface area contributed by atoms with Crippen molar-refractivity contribution in [3.63, 3.8) is 0 Å². The van der Waals surface area contributed by atoms with E-state index in [9.17, 15) is 9.59 Å². The van der Waals surface area contributed by atoms with Gasteiger partial charge in [-0.25, -0.2) is 0 Å². The van der Waals surface area contributed by atoms with E-state index >= 15 is 0 Å². The molecule has 0 aliphatic carbocycles. The number of nitrogens with zero attached hydrogens (tertiary/aromatic N) is 2. The second-order valence-corrected chi connectivity index (χ2v) is 10.0. The number of carbonyl (C=O) groups is 2. The molecule has 188 valence electrons. The Kier molecular flexibility index (Phi) is 7.51. The highest BCUT2D eigenvalue weighted by atomic mass is 32.1. The van der Waals surface area contributed by atoms with Crippen molar-refractivity contribution in [1.29, 1.82) is 0 Å². The number of rotatable bonds is 7. The first-order valence-electron chi connectivity index (χ1n) is 12.3. The molecular formula is C30H29N3O3S. The molecule has 0 bridgehead atoms. The molecule has 1 aliphatic heterocycles. The van der Waals surface area contributed by atoms with Crippen LogP contribution in [0.15, 0.2) is 90.3 Å². The summed E-state index contributed by atoms with van der Waals surface area (Å²) in [5.74, 6) is 0.663. The molecule has 0 spiro atoms. The summed E-state index contributed by atoms with van der Waals surface area (Å²) in [5, 5.41) is 4.89. The first kappa shape index (κ1) is 24.6. The molecular weight excluding hydrogens is 482 g/mol. The van der Waals surface area contributed by atoms with Gasteiger partial charge in [0, 0.05) is 43.1 Å². The number of hydrogen-bond acceptors (Lipinski definition) is 5. The summed E-state index contributed by atoms with van der Waals surface area (Å²) in [6.07, 6.45) is 0. The van der Waals surface area contributed by atoms with Gasteiger partial charge in [-0.2, -0.15) is 0 Å². The number of hydrogen-bond donors (Lipinski definition) is 1. The van der Waals surface area contributed by atoms with Crippen molar-refractivity contribution >= 4 is 34.5 Å². The summed E-state index contributed by atoms with van der Waals surface area (Å²) in [6, 6.07) is 27.0. The van der Waals surface area contributed by atoms with Crippen LogP contribution in [0.5, 0.6) is 5.75 Å². The molecule has 37 heavy (non-hydrogen) atoms. The van der Waals surface area contributed by atoms with Crippen LogP contribution >= 0.6 is 11.3 Å². The van der Waals surface area contributed by atoms with Crippen LogP contribution in [0.2, 0.25) is 0 Å². The van der Waals surface area contributed by atoms with Gasteiger partial charge >= 0.3 is 0 Å². The number of thiophene rings is 1. The van der Waals surface area contributed by atoms with E-state index in [4.69, 9.17) is 4.74 Å². The van der Waals surface area contributed by atoms with Crippen LogP contribution in [-0.4, -0.2) is 42.9 Å². The topological polar surface area (TPSA) is 61.9 Å². The standard InChI is InChI=1S/C30H29N3O3S/c1-22-4-6-23(7-5-22)21-36-27-14-8-24(9-15-27)29(34)31-25-10-12-26(13-11-25)32-16-18-33(19-17-32)30(35)28-3-2-20-37-28/h2-15,20H,16-19,21H2,1H3,(H,31,34). The number of benzene rings is 3. The van der Waals surface area contributed by atoms with Crippen molar-refractivity contribution in [1.82, 2.24) is 4.90 Å². The Morgan fingerprint density at radius 2 is 1.57 bits per heavy atom. The Labute approximate surface area is 221 Å². The first-order valence-corrected chi connectivity index (χ1v) is 13.2. The van der Waals surface area contributed by atoms with Gasteiger partial charge in [0.2, 0.25) is 0 Å². The summed E-state index contributed by atoms with van der Waals surface area (Å²) in [7, 11) is 0. The first-order chi connectivity index (χ1) is 18.0. The molecule has 1 aromatic heterocycles. The molecule has 1 fully saturated rings. The van der Waals surface area contributed by atoms with Crippen LogP contribution in [0.3, 0.4) is 0 Å². The monoisotopic (exact) mass is 511 g/mol. The molecule has 3 aromatic carbocycles. The number of piperazine rings is 1. The van der Waals surface area contributed by atoms with Gasteiger partial charge in [0.25, 0.3) is 11.8 Å². The maximum Gasteiger partial charge on any atom is 0.264 e. The predicted molar refractivity (Wildman–Crippen MR) is 149 cm³/mol. The molecule has 1 saturated heterocycles. The third-order valence-corrected chi connectivity index (χ3v) is 7.29. The lowest BCUT2D eigenvalue weighted by Gasteiger charge is -2.36. The van der Waals surface area contributed by atoms with Gasteiger partial charge in [0.15, 0.2) is 0 Å². The number of carbonyl (C=O) groups excluding carboxylic acids is 2. The largest absolute Gasteiger partial charge is 0.489 e. The Hall–Kier alpha value is -4.10. The minimum Gasteiger partial charge on any atom is -0.489 e. The number of amides is 2. The van der Waals surface area contributed by atoms with E-state index in [0.29, 0.717) is 25.3 Å². The van der Waals surface area contributed by atoms with E-state index in [1.165, 1.54) is 16.9 Å². The highest BCUT2D eigenvalue weighted by molar-refractivity contribution is 7.12. The average Bonchev–Trinajstić information content (AvgIpc) is 3.48. The third kappa shape index (κ3) is 6.19. The van der Waals surface area contributed by atoms with Crippen molar-refractivity contribution in [2.45, 2.75) is 13.5 Å². The Balaban J connectivity index is 1.11. The molecule has 7 heteroatoms. The van der Waals surface area contributed by atoms with Crippen LogP contribution in [-0.2, 0) is 6.61 Å². The molecule has 1 aliphatic rings. The fourth-order valence-corrected chi connectivity index (χ4v) is 4.93. The summed E-state index contributed by atoms with van der Waals surface area (Å²) >= 11 is 1.48. The van der Waals surface area contributed by atoms with Crippen molar-refractivity contribution in [3.8, 4) is 5.75 Å². The van der Waals surface area contributed by atoms with Gasteiger partial charge in [0.1, 0.15) is 12.4 Å². The van der Waals surface area contributed by atoms with Crippen molar-refractivity contribution in [2.75, 3.05) is 36.4 Å². The van der Waals surface area contributed by atoms with Crippen LogP contribution < -0.4 is 15.0 Å². The number of ether oxygens (including phenoxy) is 1. The Bertz CT molecular complexity index is 1330. The number of aryl methyl sites for hydroxylation is 1. The maximum absolute atomic E-state index is 12.7. The highest BCUT2D eigenvalue weighted by Gasteiger charge is 2.22. The summed E-state index contributed by atoms with van der Waals surface area (Å²) in [5.41, 5.74) is 4.70. The molecule has 4 aromatic rings. The molecule has 0 atom stereocenters. The van der Waals surface area contributed by atoms with E-state index in [1.807, 2.05) is 58.8 Å². The molecule has 2 heterocycles. The van der Waals surface area contributed by atoms with Gasteiger partial charge in [-0.05, 0) is 72.5 Å². The van der Waals surface area contributed by atoms with Crippen LogP contribution in [0.25, 0.3) is 0 Å². The molecule has 1 N–H and O–H groups in total. The van der Waals surface area contributed by atoms with E-state index in [-0.39, 0.29) is 11.8 Å². The zero-order valence-electron chi connectivity index (χ0n) is 20.7. The number of nitrogens with one attached hydrogen (secondary N) is 1. The average molecular weight is 512 g/mol. The van der Waals surface area contributed by atoms with Crippen LogP contribution in [0.4, 0.5) is 11.4 Å². The van der Waals surface area contributed by atoms with E-state index in [2.05, 4.69) is 41.4 Å². The summed E-state index contributed by atoms with van der Waals surface area (Å²) < 4.78 is 5.84. The fourth-order valence-electron chi connectivity index (χ4n) is 4.24. The molecule has 0 radical (unpaired) electrons. The quantitative estimate of drug-likeness (QED) is 0.338. The fraction of sp³-hybridized carbons (Fsp3) is 0.200. The zero-order valence-corrected chi connectivity index (χ0v) is 21.5. The number of anilines is 2. The molecule has 5 rings (SSSR count). The van der Waals surface area contributed by atoms with Crippen molar-refractivity contribution in [2.24, 2.45) is 0 Å². The normalized spacial score (nSPS) is 13.3. The SMILES string of the molecule is Cc1ccc(COc2ccc(C(=O)Nc3ccc(N4CCN(C(=O)c5cccs5)CC4)cc3)cc2)cc1. The van der Waals surface area contributed by atoms with Crippen LogP contribution in [0, 0.1) is 6.92 Å². The van der Waals surface area contributed by atoms with Gasteiger partial charge in [-0.3, -0.25) is 9.59 Å². The maximum atomic E-state index is 12.7.